The zero-order chi connectivity index (χ0) is 14.1. The number of hydrogen-bond acceptors (Lipinski definition) is 4. The summed E-state index contributed by atoms with van der Waals surface area (Å²) < 4.78 is 1.31. The lowest BCUT2D eigenvalue weighted by atomic mass is 10.1. The van der Waals surface area contributed by atoms with Crippen molar-refractivity contribution in [3.63, 3.8) is 0 Å². The van der Waals surface area contributed by atoms with Crippen molar-refractivity contribution in [2.45, 2.75) is 13.3 Å². The van der Waals surface area contributed by atoms with Crippen LogP contribution in [0.2, 0.25) is 0 Å². The van der Waals surface area contributed by atoms with Crippen LogP contribution in [0.4, 0.5) is 0 Å². The number of rotatable bonds is 2. The van der Waals surface area contributed by atoms with Crippen LogP contribution in [-0.4, -0.2) is 19.7 Å². The Morgan fingerprint density at radius 2 is 2.05 bits per heavy atom. The summed E-state index contributed by atoms with van der Waals surface area (Å²) in [4.78, 5) is 4.39. The average molecular weight is 264 g/mol. The van der Waals surface area contributed by atoms with Crippen LogP contribution in [0.5, 0.6) is 5.88 Å². The van der Waals surface area contributed by atoms with Gasteiger partial charge in [-0.05, 0) is 24.1 Å². The minimum atomic E-state index is -0.158. The molecule has 0 fully saturated rings. The highest BCUT2D eigenvalue weighted by molar-refractivity contribution is 5.54. The van der Waals surface area contributed by atoms with E-state index in [2.05, 4.69) is 10.1 Å². The number of nitriles is 1. The van der Waals surface area contributed by atoms with Gasteiger partial charge in [0, 0.05) is 6.42 Å². The molecule has 0 aliphatic carbocycles. The molecule has 0 bridgehead atoms. The molecule has 0 aliphatic rings. The maximum Gasteiger partial charge on any atom is 0.232 e. The molecule has 1 N–H and O–H groups in total. The van der Waals surface area contributed by atoms with Gasteiger partial charge in [-0.15, -0.1) is 5.10 Å². The molecule has 0 saturated carbocycles. The van der Waals surface area contributed by atoms with Crippen molar-refractivity contribution in [2.75, 3.05) is 0 Å². The number of benzene rings is 1. The smallest absolute Gasteiger partial charge is 0.232 e. The van der Waals surface area contributed by atoms with Crippen LogP contribution in [-0.2, 0) is 6.42 Å². The van der Waals surface area contributed by atoms with E-state index in [0.717, 1.165) is 5.56 Å². The number of nitrogens with zero attached hydrogens (tertiary/aromatic N) is 4. The van der Waals surface area contributed by atoms with Gasteiger partial charge in [-0.25, -0.2) is 4.98 Å². The van der Waals surface area contributed by atoms with Gasteiger partial charge in [0.2, 0.25) is 5.88 Å². The van der Waals surface area contributed by atoms with Gasteiger partial charge in [-0.1, -0.05) is 30.3 Å². The molecule has 0 radical (unpaired) electrons. The van der Waals surface area contributed by atoms with Crippen LogP contribution in [0, 0.1) is 18.3 Å². The van der Waals surface area contributed by atoms with Gasteiger partial charge in [-0.2, -0.15) is 9.78 Å². The third-order valence-corrected chi connectivity index (χ3v) is 3.16. The molecule has 3 rings (SSSR count). The van der Waals surface area contributed by atoms with E-state index < -0.39 is 0 Å². The summed E-state index contributed by atoms with van der Waals surface area (Å²) in [6.07, 6.45) is 0.586. The first-order valence-electron chi connectivity index (χ1n) is 6.21. The fourth-order valence-electron chi connectivity index (χ4n) is 2.16. The number of aromatic nitrogens is 3. The Morgan fingerprint density at radius 1 is 1.30 bits per heavy atom. The van der Waals surface area contributed by atoms with Crippen molar-refractivity contribution >= 4 is 5.65 Å². The lowest BCUT2D eigenvalue weighted by molar-refractivity contribution is 0.433. The van der Waals surface area contributed by atoms with Crippen LogP contribution >= 0.6 is 0 Å². The number of hydrogen-bond donors (Lipinski definition) is 1. The van der Waals surface area contributed by atoms with Crippen LogP contribution < -0.4 is 0 Å². The zero-order valence-corrected chi connectivity index (χ0v) is 10.9. The van der Waals surface area contributed by atoms with Gasteiger partial charge in [0.1, 0.15) is 11.6 Å². The van der Waals surface area contributed by atoms with Gasteiger partial charge < -0.3 is 5.11 Å². The van der Waals surface area contributed by atoms with Crippen molar-refractivity contribution in [3.05, 3.63) is 58.9 Å². The molecule has 0 unspecified atom stereocenters. The Kier molecular flexibility index (Phi) is 2.84. The highest BCUT2D eigenvalue weighted by atomic mass is 16.3. The second kappa shape index (κ2) is 4.67. The van der Waals surface area contributed by atoms with E-state index in [0.29, 0.717) is 23.5 Å². The Hall–Kier alpha value is -2.87. The van der Waals surface area contributed by atoms with E-state index >= 15 is 0 Å². The molecular weight excluding hydrogens is 252 g/mol. The summed E-state index contributed by atoms with van der Waals surface area (Å²) in [7, 11) is 0. The van der Waals surface area contributed by atoms with Crippen molar-refractivity contribution in [2.24, 2.45) is 0 Å². The second-order valence-corrected chi connectivity index (χ2v) is 4.60. The first-order valence-corrected chi connectivity index (χ1v) is 6.21. The predicted molar refractivity (Wildman–Crippen MR) is 73.4 cm³/mol. The summed E-state index contributed by atoms with van der Waals surface area (Å²) in [5, 5.41) is 23.3. The molecule has 0 atom stereocenters. The van der Waals surface area contributed by atoms with Gasteiger partial charge in [0.15, 0.2) is 11.5 Å². The Bertz CT molecular complexity index is 815. The van der Waals surface area contributed by atoms with E-state index in [9.17, 15) is 5.11 Å². The number of fused-ring (bicyclic) bond motifs is 1. The van der Waals surface area contributed by atoms with E-state index in [-0.39, 0.29) is 11.4 Å². The molecular formula is C15H12N4O. The molecule has 2 heterocycles. The van der Waals surface area contributed by atoms with Crippen LogP contribution in [0.25, 0.3) is 5.65 Å². The molecule has 0 amide bonds. The Morgan fingerprint density at radius 3 is 2.75 bits per heavy atom. The third-order valence-electron chi connectivity index (χ3n) is 3.16. The van der Waals surface area contributed by atoms with Gasteiger partial charge in [-0.3, -0.25) is 0 Å². The largest absolute Gasteiger partial charge is 0.492 e. The average Bonchev–Trinajstić information content (AvgIpc) is 2.83. The topological polar surface area (TPSA) is 74.2 Å². The summed E-state index contributed by atoms with van der Waals surface area (Å²) in [5.74, 6) is 0.454. The third kappa shape index (κ3) is 1.97. The maximum absolute atomic E-state index is 10.0. The number of aryl methyl sites for hydroxylation is 1. The lowest BCUT2D eigenvalue weighted by Crippen LogP contribution is -1.95. The molecule has 5 heteroatoms. The fraction of sp³-hybridized carbons (Fsp3) is 0.133. The van der Waals surface area contributed by atoms with E-state index in [4.69, 9.17) is 5.26 Å². The minimum absolute atomic E-state index is 0.158. The zero-order valence-electron chi connectivity index (χ0n) is 10.9. The Labute approximate surface area is 115 Å². The second-order valence-electron chi connectivity index (χ2n) is 4.60. The SMILES string of the molecule is Cc1cc2nc(Cc3ccccc3)nn2c(O)c1C#N. The molecule has 2 aromatic heterocycles. The molecule has 0 aliphatic heterocycles. The van der Waals surface area contributed by atoms with Crippen molar-refractivity contribution in [3.8, 4) is 11.9 Å². The van der Waals surface area contributed by atoms with E-state index in [1.54, 1.807) is 13.0 Å². The molecule has 20 heavy (non-hydrogen) atoms. The number of aromatic hydroxyl groups is 1. The highest BCUT2D eigenvalue weighted by Gasteiger charge is 2.13. The number of pyridine rings is 1. The van der Waals surface area contributed by atoms with Crippen LogP contribution in [0.1, 0.15) is 22.5 Å². The predicted octanol–water partition coefficient (Wildman–Crippen LogP) is 2.21. The highest BCUT2D eigenvalue weighted by Crippen LogP contribution is 2.22. The van der Waals surface area contributed by atoms with Gasteiger partial charge in [0.25, 0.3) is 0 Å². The van der Waals surface area contributed by atoms with Gasteiger partial charge >= 0.3 is 0 Å². The monoisotopic (exact) mass is 264 g/mol. The minimum Gasteiger partial charge on any atom is -0.492 e. The molecule has 1 aromatic carbocycles. The van der Waals surface area contributed by atoms with Gasteiger partial charge in [0.05, 0.1) is 0 Å². The summed E-state index contributed by atoms with van der Waals surface area (Å²) >= 11 is 0. The molecule has 5 nitrogen and oxygen atoms in total. The quantitative estimate of drug-likeness (QED) is 0.770. The van der Waals surface area contributed by atoms with Crippen molar-refractivity contribution in [1.29, 1.82) is 5.26 Å². The fourth-order valence-corrected chi connectivity index (χ4v) is 2.16. The molecule has 3 aromatic rings. The van der Waals surface area contributed by atoms with Crippen LogP contribution in [0.3, 0.4) is 0 Å². The first kappa shape index (κ1) is 12.2. The normalized spacial score (nSPS) is 10.6. The standard InChI is InChI=1S/C15H12N4O/c1-10-7-14-17-13(8-11-5-3-2-4-6-11)18-19(14)15(20)12(10)9-16/h2-7,20H,8H2,1H3. The first-order chi connectivity index (χ1) is 9.69. The maximum atomic E-state index is 10.0. The summed E-state index contributed by atoms with van der Waals surface area (Å²) in [6.45, 7) is 1.77. The lowest BCUT2D eigenvalue weighted by Gasteiger charge is -2.01. The summed E-state index contributed by atoms with van der Waals surface area (Å²) in [5.41, 5.74) is 2.56. The molecule has 98 valence electrons. The summed E-state index contributed by atoms with van der Waals surface area (Å²) in [6, 6.07) is 13.6. The molecule has 0 saturated heterocycles. The van der Waals surface area contributed by atoms with Crippen molar-refractivity contribution in [1.82, 2.24) is 14.6 Å². The van der Waals surface area contributed by atoms with E-state index in [1.165, 1.54) is 4.52 Å². The van der Waals surface area contributed by atoms with Crippen LogP contribution in [0.15, 0.2) is 36.4 Å². The Balaban J connectivity index is 2.08. The van der Waals surface area contributed by atoms with Crippen molar-refractivity contribution < 1.29 is 5.11 Å². The molecule has 0 spiro atoms. The van der Waals surface area contributed by atoms with E-state index in [1.807, 2.05) is 36.4 Å².